The molecule has 0 radical (unpaired) electrons. The molecular formula is C62H60Cl6HgN4O10S2. The molecule has 0 aliphatic carbocycles. The van der Waals surface area contributed by atoms with Gasteiger partial charge in [-0.25, -0.2) is 0 Å². The van der Waals surface area contributed by atoms with Crippen LogP contribution in [0.5, 0.6) is 0 Å². The maximum absolute atomic E-state index is 15.7. The van der Waals surface area contributed by atoms with Crippen molar-refractivity contribution in [1.82, 2.24) is 20.4 Å². The second-order valence-electron chi connectivity index (χ2n) is 19.6. The molecule has 2 fully saturated rings. The van der Waals surface area contributed by atoms with Gasteiger partial charge in [0.2, 0.25) is 0 Å². The zero-order valence-corrected chi connectivity index (χ0v) is 58.6. The zero-order chi connectivity index (χ0) is 61.1. The Morgan fingerprint density at radius 2 is 0.694 bits per heavy atom. The standard InChI is InChI=1S/2C31H31Cl3N2O5S.Hg/c2*1-20(29(39-2)40-3)25(28(38)41-19-30(32,33)34)36-26(37)24(27(36)42)35-31(21-13-7-4-8-14-21,22-15-9-5-10-16-22)23-17-11-6-12-18-23;/h2*4-18,24,27,29,35,42H,19H2,1-3H3;/q;;+2/p-2. The number of amides is 2. The van der Waals surface area contributed by atoms with E-state index in [4.69, 9.17) is 98.0 Å². The van der Waals surface area contributed by atoms with Gasteiger partial charge in [-0.05, 0) is 0 Å². The molecule has 2 heterocycles. The summed E-state index contributed by atoms with van der Waals surface area (Å²) in [6.45, 7) is 1.88. The Bertz CT molecular complexity index is 2880. The fraction of sp³-hybridized carbons (Fsp3) is 0.290. The predicted octanol–water partition coefficient (Wildman–Crippen LogP) is 12.2. The fourth-order valence-electron chi connectivity index (χ4n) is 10.7. The van der Waals surface area contributed by atoms with Crippen LogP contribution in [0, 0.1) is 0 Å². The van der Waals surface area contributed by atoms with Gasteiger partial charge < -0.3 is 0 Å². The summed E-state index contributed by atoms with van der Waals surface area (Å²) in [5.41, 5.74) is 2.65. The summed E-state index contributed by atoms with van der Waals surface area (Å²) in [6.07, 6.45) is -2.26. The van der Waals surface area contributed by atoms with Crippen LogP contribution >= 0.6 is 86.1 Å². The molecule has 6 aromatic carbocycles. The third-order valence-electron chi connectivity index (χ3n) is 14.5. The van der Waals surface area contributed by atoms with Crippen LogP contribution in [0.15, 0.2) is 205 Å². The van der Waals surface area contributed by atoms with Crippen molar-refractivity contribution < 1.29 is 69.1 Å². The minimum atomic E-state index is -2.90. The summed E-state index contributed by atoms with van der Waals surface area (Å²) < 4.78 is 30.1. The summed E-state index contributed by atoms with van der Waals surface area (Å²) in [5, 5.41) is 6.03. The van der Waals surface area contributed by atoms with Crippen molar-refractivity contribution in [2.45, 2.75) is 67.9 Å². The molecule has 2 N–H and O–H groups in total. The van der Waals surface area contributed by atoms with E-state index in [0.717, 1.165) is 33.4 Å². The summed E-state index contributed by atoms with van der Waals surface area (Å²) in [6, 6.07) is 56.7. The van der Waals surface area contributed by atoms with Gasteiger partial charge in [-0.2, -0.15) is 0 Å². The first-order valence-electron chi connectivity index (χ1n) is 26.5. The van der Waals surface area contributed by atoms with Crippen LogP contribution < -0.4 is 10.6 Å². The second kappa shape index (κ2) is 29.9. The van der Waals surface area contributed by atoms with Crippen LogP contribution in [-0.2, 0) is 80.2 Å². The molecule has 85 heavy (non-hydrogen) atoms. The van der Waals surface area contributed by atoms with Crippen molar-refractivity contribution in [1.29, 1.82) is 0 Å². The normalized spacial score (nSPS) is 18.0. The van der Waals surface area contributed by atoms with Gasteiger partial charge in [-0.1, -0.05) is 0 Å². The topological polar surface area (TPSA) is 154 Å². The number of rotatable bonds is 26. The van der Waals surface area contributed by atoms with Gasteiger partial charge in [-0.3, -0.25) is 0 Å². The fourth-order valence-corrected chi connectivity index (χ4v) is 34.4. The van der Waals surface area contributed by atoms with E-state index in [1.54, 1.807) is 13.8 Å². The maximum atomic E-state index is 15.7. The molecule has 444 valence electrons. The van der Waals surface area contributed by atoms with Crippen LogP contribution in [0.2, 0.25) is 0 Å². The number of ether oxygens (including phenoxy) is 6. The van der Waals surface area contributed by atoms with Gasteiger partial charge in [-0.15, -0.1) is 0 Å². The Balaban J connectivity index is 1.30. The van der Waals surface area contributed by atoms with Crippen molar-refractivity contribution >= 4 is 110 Å². The summed E-state index contributed by atoms with van der Waals surface area (Å²) in [7, 11) is 8.59. The van der Waals surface area contributed by atoms with E-state index < -0.39 is 113 Å². The van der Waals surface area contributed by atoms with Crippen molar-refractivity contribution in [3.63, 3.8) is 0 Å². The first kappa shape index (κ1) is 66.8. The molecule has 2 amide bonds. The van der Waals surface area contributed by atoms with Gasteiger partial charge in [0, 0.05) is 0 Å². The Morgan fingerprint density at radius 1 is 0.459 bits per heavy atom. The molecule has 4 unspecified atom stereocenters. The Hall–Kier alpha value is -4.18. The van der Waals surface area contributed by atoms with E-state index in [1.165, 1.54) is 54.7 Å². The van der Waals surface area contributed by atoms with E-state index in [2.05, 4.69) is 10.6 Å². The predicted molar refractivity (Wildman–Crippen MR) is 332 cm³/mol. The number of hydrogen-bond acceptors (Lipinski definition) is 14. The number of carbonyl (C=O) groups excluding carboxylic acids is 4. The molecule has 4 atom stereocenters. The van der Waals surface area contributed by atoms with E-state index in [0.29, 0.717) is 0 Å². The monoisotopic (exact) mass is 1500 g/mol. The number of β-lactam (4-membered cyclic amide) rings is 2. The van der Waals surface area contributed by atoms with Crippen molar-refractivity contribution in [2.24, 2.45) is 0 Å². The number of methoxy groups -OCH3 is 4. The number of nitrogens with one attached hydrogen (secondary N) is 2. The molecule has 8 rings (SSSR count). The van der Waals surface area contributed by atoms with Crippen molar-refractivity contribution in [3.05, 3.63) is 238 Å². The van der Waals surface area contributed by atoms with E-state index in [1.807, 2.05) is 182 Å². The molecular weight excluding hydrogens is 1440 g/mol. The SMILES string of the molecule is COC(OC)C(C)=C(C(=O)OCC(Cl)(Cl)Cl)N1C(=O)C(NC(c2ccccc2)(c2ccccc2)c2ccccc2)C1[S][Hg][S]C1C(NC(c2ccccc2)(c2ccccc2)c2ccccc2)C(=O)N1C(C(=O)OCC(Cl)(Cl)Cl)=C(C)C(OC)OC. The van der Waals surface area contributed by atoms with Crippen LogP contribution in [0.3, 0.4) is 0 Å². The van der Waals surface area contributed by atoms with Crippen LogP contribution in [0.25, 0.3) is 0 Å². The number of likely N-dealkylation sites (tertiary alicyclic amines) is 2. The molecule has 6 aromatic rings. The molecule has 2 aliphatic heterocycles. The number of alkyl halides is 6. The van der Waals surface area contributed by atoms with Gasteiger partial charge in [0.15, 0.2) is 0 Å². The minimum absolute atomic E-state index is 0.187. The Kier molecular flexibility index (Phi) is 23.5. The number of halogens is 6. The van der Waals surface area contributed by atoms with Gasteiger partial charge in [0.1, 0.15) is 0 Å². The number of nitrogens with zero attached hydrogens (tertiary/aromatic N) is 2. The summed E-state index contributed by atoms with van der Waals surface area (Å²) in [4.78, 5) is 63.4. The number of esters is 2. The first-order valence-corrected chi connectivity index (χ1v) is 44.4. The van der Waals surface area contributed by atoms with Crippen LogP contribution in [0.1, 0.15) is 47.2 Å². The molecule has 0 bridgehead atoms. The molecule has 23 heteroatoms. The second-order valence-corrected chi connectivity index (χ2v) is 43.3. The third kappa shape index (κ3) is 14.9. The summed E-state index contributed by atoms with van der Waals surface area (Å²) >= 11 is 34.1. The van der Waals surface area contributed by atoms with Crippen LogP contribution in [0.4, 0.5) is 0 Å². The summed E-state index contributed by atoms with van der Waals surface area (Å²) in [5.74, 6) is -2.94. The Labute approximate surface area is 542 Å². The average Bonchev–Trinajstić information content (AvgIpc) is 0.834. The quantitative estimate of drug-likeness (QED) is 0.0101. The van der Waals surface area contributed by atoms with Crippen molar-refractivity contribution in [2.75, 3.05) is 41.7 Å². The van der Waals surface area contributed by atoms with Crippen LogP contribution in [-0.4, -0.2) is 118 Å². The van der Waals surface area contributed by atoms with E-state index >= 15 is 9.59 Å². The van der Waals surface area contributed by atoms with Crippen molar-refractivity contribution in [3.8, 4) is 0 Å². The Morgan fingerprint density at radius 3 is 0.906 bits per heavy atom. The molecule has 0 aromatic heterocycles. The number of carbonyl (C=O) groups is 4. The average molecular weight is 1500 g/mol. The van der Waals surface area contributed by atoms with Gasteiger partial charge in [0.05, 0.1) is 0 Å². The van der Waals surface area contributed by atoms with E-state index in [9.17, 15) is 9.59 Å². The number of hydrogen-bond donors (Lipinski definition) is 2. The molecule has 2 aliphatic rings. The van der Waals surface area contributed by atoms with Gasteiger partial charge >= 0.3 is 547 Å². The zero-order valence-electron chi connectivity index (χ0n) is 47.0. The van der Waals surface area contributed by atoms with E-state index in [-0.39, 0.29) is 22.5 Å². The molecule has 0 saturated carbocycles. The first-order chi connectivity index (χ1) is 40.8. The third-order valence-corrected chi connectivity index (χ3v) is 35.3. The molecule has 2 saturated heterocycles. The molecule has 0 spiro atoms. The number of benzene rings is 6. The molecule has 14 nitrogen and oxygen atoms in total. The van der Waals surface area contributed by atoms with Gasteiger partial charge in [0.25, 0.3) is 0 Å².